The van der Waals surface area contributed by atoms with Crippen molar-refractivity contribution < 1.29 is 9.59 Å². The Balaban J connectivity index is 0.00000312. The number of rotatable bonds is 5. The standard InChI is InChI=1S/C18H34N4O2.ClH/c1-14(2)20(4)17(24)15-5-8-22(9-6-15)16(23)11-21-10-7-18(3,12-19)13-21;/h14-15H,5-13,19H2,1-4H3;1H. The van der Waals surface area contributed by atoms with Crippen LogP contribution >= 0.6 is 12.4 Å². The van der Waals surface area contributed by atoms with Crippen LogP contribution in [0, 0.1) is 11.3 Å². The normalized spacial score (nSPS) is 25.1. The van der Waals surface area contributed by atoms with Crippen LogP contribution in [0.3, 0.4) is 0 Å². The van der Waals surface area contributed by atoms with Crippen LogP contribution in [0.4, 0.5) is 0 Å². The van der Waals surface area contributed by atoms with E-state index in [1.807, 2.05) is 30.7 Å². The minimum Gasteiger partial charge on any atom is -0.343 e. The average Bonchev–Trinajstić information content (AvgIpc) is 2.95. The van der Waals surface area contributed by atoms with Gasteiger partial charge in [0.15, 0.2) is 0 Å². The van der Waals surface area contributed by atoms with Crippen LogP contribution in [0.25, 0.3) is 0 Å². The summed E-state index contributed by atoms with van der Waals surface area (Å²) in [5.74, 6) is 0.475. The largest absolute Gasteiger partial charge is 0.343 e. The summed E-state index contributed by atoms with van der Waals surface area (Å²) in [7, 11) is 1.87. The summed E-state index contributed by atoms with van der Waals surface area (Å²) in [5, 5.41) is 0. The van der Waals surface area contributed by atoms with Crippen LogP contribution in [-0.2, 0) is 9.59 Å². The topological polar surface area (TPSA) is 69.9 Å². The van der Waals surface area contributed by atoms with E-state index in [1.54, 1.807) is 0 Å². The molecule has 2 saturated heterocycles. The van der Waals surface area contributed by atoms with Crippen LogP contribution in [-0.4, -0.2) is 78.9 Å². The zero-order valence-electron chi connectivity index (χ0n) is 16.2. The van der Waals surface area contributed by atoms with Gasteiger partial charge in [-0.1, -0.05) is 6.92 Å². The Bertz CT molecular complexity index is 466. The fourth-order valence-corrected chi connectivity index (χ4v) is 3.64. The Labute approximate surface area is 158 Å². The van der Waals surface area contributed by atoms with E-state index in [-0.39, 0.29) is 41.6 Å². The zero-order chi connectivity index (χ0) is 17.9. The zero-order valence-corrected chi connectivity index (χ0v) is 17.0. The molecule has 0 radical (unpaired) electrons. The first-order chi connectivity index (χ1) is 11.3. The van der Waals surface area contributed by atoms with Crippen molar-refractivity contribution in [1.82, 2.24) is 14.7 Å². The predicted octanol–water partition coefficient (Wildman–Crippen LogP) is 1.18. The van der Waals surface area contributed by atoms with Gasteiger partial charge in [-0.25, -0.2) is 0 Å². The van der Waals surface area contributed by atoms with Gasteiger partial charge in [-0.3, -0.25) is 14.5 Å². The Hall–Kier alpha value is -0.850. The molecule has 0 saturated carbocycles. The minimum absolute atomic E-state index is 0. The van der Waals surface area contributed by atoms with Crippen LogP contribution in [0.15, 0.2) is 0 Å². The first-order valence-electron chi connectivity index (χ1n) is 9.22. The monoisotopic (exact) mass is 374 g/mol. The lowest BCUT2D eigenvalue weighted by Gasteiger charge is -2.35. The first kappa shape index (κ1) is 22.2. The van der Waals surface area contributed by atoms with Gasteiger partial charge >= 0.3 is 0 Å². The molecule has 0 aromatic rings. The van der Waals surface area contributed by atoms with Crippen LogP contribution in [0.5, 0.6) is 0 Å². The van der Waals surface area contributed by atoms with E-state index in [0.29, 0.717) is 26.2 Å². The average molecular weight is 375 g/mol. The molecule has 0 aliphatic carbocycles. The van der Waals surface area contributed by atoms with Crippen LogP contribution in [0.1, 0.15) is 40.0 Å². The van der Waals surface area contributed by atoms with Crippen molar-refractivity contribution in [3.63, 3.8) is 0 Å². The SMILES string of the molecule is CC(C)N(C)C(=O)C1CCN(C(=O)CN2CCC(C)(CN)C2)CC1.Cl. The third-order valence-corrected chi connectivity index (χ3v) is 5.81. The lowest BCUT2D eigenvalue weighted by molar-refractivity contribution is -0.141. The number of carbonyl (C=O) groups is 2. The van der Waals surface area contributed by atoms with Gasteiger partial charge in [0, 0.05) is 38.6 Å². The first-order valence-corrected chi connectivity index (χ1v) is 9.22. The number of hydrogen-bond donors (Lipinski definition) is 1. The second kappa shape index (κ2) is 9.19. The summed E-state index contributed by atoms with van der Waals surface area (Å²) in [6.45, 7) is 10.7. The maximum absolute atomic E-state index is 12.5. The van der Waals surface area contributed by atoms with Gasteiger partial charge in [0.05, 0.1) is 6.54 Å². The number of halogens is 1. The van der Waals surface area contributed by atoms with E-state index < -0.39 is 0 Å². The molecule has 0 aromatic heterocycles. The Morgan fingerprint density at radius 2 is 1.84 bits per heavy atom. The van der Waals surface area contributed by atoms with Crippen LogP contribution < -0.4 is 5.73 Å². The Morgan fingerprint density at radius 1 is 1.24 bits per heavy atom. The highest BCUT2D eigenvalue weighted by Gasteiger charge is 2.35. The van der Waals surface area contributed by atoms with Gasteiger partial charge in [-0.15, -0.1) is 12.4 Å². The minimum atomic E-state index is 0. The fraction of sp³-hybridized carbons (Fsp3) is 0.889. The Morgan fingerprint density at radius 3 is 2.32 bits per heavy atom. The molecule has 2 N–H and O–H groups in total. The molecule has 0 aromatic carbocycles. The van der Waals surface area contributed by atoms with Gasteiger partial charge in [-0.2, -0.15) is 0 Å². The highest BCUT2D eigenvalue weighted by atomic mass is 35.5. The van der Waals surface area contributed by atoms with E-state index in [0.717, 1.165) is 32.4 Å². The molecule has 6 nitrogen and oxygen atoms in total. The van der Waals surface area contributed by atoms with E-state index in [1.165, 1.54) is 0 Å². The Kier molecular flexibility index (Phi) is 8.16. The van der Waals surface area contributed by atoms with Crippen molar-refractivity contribution in [2.24, 2.45) is 17.1 Å². The van der Waals surface area contributed by atoms with Crippen molar-refractivity contribution in [2.45, 2.75) is 46.1 Å². The maximum Gasteiger partial charge on any atom is 0.236 e. The molecule has 0 bridgehead atoms. The van der Waals surface area contributed by atoms with E-state index in [2.05, 4.69) is 11.8 Å². The van der Waals surface area contributed by atoms with Gasteiger partial charge < -0.3 is 15.5 Å². The van der Waals surface area contributed by atoms with Crippen LogP contribution in [0.2, 0.25) is 0 Å². The summed E-state index contributed by atoms with van der Waals surface area (Å²) in [6, 6.07) is 0.226. The maximum atomic E-state index is 12.5. The molecular formula is C18H35ClN4O2. The van der Waals surface area contributed by atoms with E-state index in [9.17, 15) is 9.59 Å². The quantitative estimate of drug-likeness (QED) is 0.784. The van der Waals surface area contributed by atoms with E-state index >= 15 is 0 Å². The molecule has 1 unspecified atom stereocenters. The number of amides is 2. The molecular weight excluding hydrogens is 340 g/mol. The molecule has 1 atom stereocenters. The number of nitrogens with zero attached hydrogens (tertiary/aromatic N) is 3. The number of carbonyl (C=O) groups excluding carboxylic acids is 2. The highest BCUT2D eigenvalue weighted by molar-refractivity contribution is 5.85. The second-order valence-corrected chi connectivity index (χ2v) is 8.17. The molecule has 2 fully saturated rings. The van der Waals surface area contributed by atoms with Crippen molar-refractivity contribution in [3.8, 4) is 0 Å². The highest BCUT2D eigenvalue weighted by Crippen LogP contribution is 2.28. The number of likely N-dealkylation sites (tertiary alicyclic amines) is 2. The van der Waals surface area contributed by atoms with Gasteiger partial charge in [0.1, 0.15) is 0 Å². The third kappa shape index (κ3) is 5.56. The molecule has 0 spiro atoms. The summed E-state index contributed by atoms with van der Waals surface area (Å²) in [6.07, 6.45) is 2.62. The van der Waals surface area contributed by atoms with Crippen molar-refractivity contribution in [3.05, 3.63) is 0 Å². The molecule has 2 rings (SSSR count). The molecule has 2 aliphatic rings. The lowest BCUT2D eigenvalue weighted by atomic mass is 9.90. The molecule has 25 heavy (non-hydrogen) atoms. The molecule has 2 aliphatic heterocycles. The predicted molar refractivity (Wildman–Crippen MR) is 103 cm³/mol. The molecule has 2 amide bonds. The van der Waals surface area contributed by atoms with Crippen molar-refractivity contribution in [1.29, 1.82) is 0 Å². The van der Waals surface area contributed by atoms with E-state index in [4.69, 9.17) is 5.73 Å². The summed E-state index contributed by atoms with van der Waals surface area (Å²) < 4.78 is 0. The molecule has 146 valence electrons. The molecule has 2 heterocycles. The third-order valence-electron chi connectivity index (χ3n) is 5.81. The summed E-state index contributed by atoms with van der Waals surface area (Å²) >= 11 is 0. The second-order valence-electron chi connectivity index (χ2n) is 8.17. The lowest BCUT2D eigenvalue weighted by Crippen LogP contribution is -2.47. The van der Waals surface area contributed by atoms with Gasteiger partial charge in [0.2, 0.25) is 11.8 Å². The van der Waals surface area contributed by atoms with Gasteiger partial charge in [0.25, 0.3) is 0 Å². The summed E-state index contributed by atoms with van der Waals surface area (Å²) in [5.41, 5.74) is 5.99. The number of hydrogen-bond acceptors (Lipinski definition) is 4. The smallest absolute Gasteiger partial charge is 0.236 e. The van der Waals surface area contributed by atoms with Crippen molar-refractivity contribution >= 4 is 24.2 Å². The van der Waals surface area contributed by atoms with Crippen molar-refractivity contribution in [2.75, 3.05) is 46.3 Å². The van der Waals surface area contributed by atoms with Gasteiger partial charge in [-0.05, 0) is 51.6 Å². The molecule has 7 heteroatoms. The number of nitrogens with two attached hydrogens (primary N) is 1. The number of piperidine rings is 1. The fourth-order valence-electron chi connectivity index (χ4n) is 3.64. The summed E-state index contributed by atoms with van der Waals surface area (Å²) in [4.78, 5) is 30.9.